The van der Waals surface area contributed by atoms with Gasteiger partial charge in [-0.3, -0.25) is 0 Å². The molecule has 134 valence electrons. The van der Waals surface area contributed by atoms with Crippen molar-refractivity contribution in [2.75, 3.05) is 0 Å². The molecule has 3 aliphatic rings. The van der Waals surface area contributed by atoms with Crippen molar-refractivity contribution in [1.29, 1.82) is 0 Å². The number of rotatable bonds is 2. The molecule has 0 aromatic heterocycles. The molecule has 0 bridgehead atoms. The quantitative estimate of drug-likeness (QED) is 0.645. The summed E-state index contributed by atoms with van der Waals surface area (Å²) in [4.78, 5) is 5.63. The lowest BCUT2D eigenvalue weighted by Crippen LogP contribution is -2.59. The number of hydrogen-bond donors (Lipinski definition) is 1. The minimum Gasteiger partial charge on any atom is -0.332 e. The third-order valence-electron chi connectivity index (χ3n) is 6.09. The molecular formula is C22H31NSSi. The summed E-state index contributed by atoms with van der Waals surface area (Å²) >= 11 is 2.17. The molecule has 0 spiro atoms. The van der Waals surface area contributed by atoms with E-state index in [1.807, 2.05) is 0 Å². The Morgan fingerprint density at radius 2 is 1.80 bits per heavy atom. The lowest BCUT2D eigenvalue weighted by molar-refractivity contribution is 0.479. The summed E-state index contributed by atoms with van der Waals surface area (Å²) in [6.45, 7) is 14.4. The smallest absolute Gasteiger partial charge is 0.124 e. The molecule has 0 radical (unpaired) electrons. The van der Waals surface area contributed by atoms with E-state index in [9.17, 15) is 0 Å². The first-order valence-corrected chi connectivity index (χ1v) is 13.5. The van der Waals surface area contributed by atoms with Crippen LogP contribution in [0.4, 0.5) is 0 Å². The second-order valence-electron chi connectivity index (χ2n) is 9.69. The van der Waals surface area contributed by atoms with Crippen molar-refractivity contribution < 1.29 is 0 Å². The maximum absolute atomic E-state index is 4.10. The van der Waals surface area contributed by atoms with Crippen LogP contribution in [-0.2, 0) is 0 Å². The summed E-state index contributed by atoms with van der Waals surface area (Å²) < 4.78 is 0. The number of fused-ring (bicyclic) bond motifs is 5. The van der Waals surface area contributed by atoms with Crippen molar-refractivity contribution in [3.8, 4) is 0 Å². The van der Waals surface area contributed by atoms with Crippen LogP contribution in [0.25, 0.3) is 0 Å². The van der Waals surface area contributed by atoms with Gasteiger partial charge >= 0.3 is 0 Å². The number of nitrogens with one attached hydrogen (secondary N) is 1. The maximum atomic E-state index is 4.10. The zero-order chi connectivity index (χ0) is 18.0. The molecule has 1 aliphatic heterocycles. The molecule has 1 aromatic rings. The van der Waals surface area contributed by atoms with Gasteiger partial charge < -0.3 is 4.98 Å². The van der Waals surface area contributed by atoms with Crippen LogP contribution in [-0.4, -0.2) is 19.0 Å². The van der Waals surface area contributed by atoms with Gasteiger partial charge in [0.25, 0.3) is 0 Å². The van der Waals surface area contributed by atoms with Gasteiger partial charge in [-0.25, -0.2) is 0 Å². The Bertz CT molecular complexity index is 743. The molecule has 3 unspecified atom stereocenters. The Hall–Kier alpha value is -0.773. The highest BCUT2D eigenvalue weighted by Gasteiger charge is 2.58. The van der Waals surface area contributed by atoms with E-state index in [4.69, 9.17) is 0 Å². The number of benzene rings is 1. The minimum absolute atomic E-state index is 0.183. The topological polar surface area (TPSA) is 12.0 Å². The van der Waals surface area contributed by atoms with Crippen LogP contribution in [0.3, 0.4) is 0 Å². The second-order valence-corrected chi connectivity index (χ2v) is 15.3. The third-order valence-corrected chi connectivity index (χ3v) is 11.6. The van der Waals surface area contributed by atoms with Crippen molar-refractivity contribution in [2.24, 2.45) is 11.8 Å². The first kappa shape index (κ1) is 17.6. The van der Waals surface area contributed by atoms with E-state index in [-0.39, 0.29) is 5.54 Å². The maximum Gasteiger partial charge on any atom is 0.124 e. The molecule has 1 saturated carbocycles. The molecule has 4 rings (SSSR count). The zero-order valence-corrected chi connectivity index (χ0v) is 18.2. The van der Waals surface area contributed by atoms with Gasteiger partial charge in [0.1, 0.15) is 8.24 Å². The predicted molar refractivity (Wildman–Crippen MR) is 113 cm³/mol. The van der Waals surface area contributed by atoms with Crippen LogP contribution >= 0.6 is 11.8 Å². The van der Waals surface area contributed by atoms with Gasteiger partial charge in [-0.15, -0.1) is 11.8 Å². The van der Waals surface area contributed by atoms with E-state index >= 15 is 0 Å². The summed E-state index contributed by atoms with van der Waals surface area (Å²) in [5.41, 5.74) is 4.00. The second kappa shape index (κ2) is 5.87. The minimum atomic E-state index is -1.62. The Morgan fingerprint density at radius 1 is 1.08 bits per heavy atom. The molecule has 1 heterocycles. The SMILES string of the molecule is CC1=C[C@@H]2C(C=C1)C1c3ccccc3S[C@@H]1C2[Si](C)(C)NC(C)(C)C. The summed E-state index contributed by atoms with van der Waals surface area (Å²) in [7, 11) is -1.62. The standard InChI is InChI=1S/C22H31NSSi/c1-14-11-12-15-17(13-14)21(25(5,6)23-22(2,3)4)20-19(15)16-9-7-8-10-18(16)24-20/h7-13,15,17,19-21,23H,1-6H3/t15?,17-,19?,20+,21?/m1/s1. The van der Waals surface area contributed by atoms with E-state index in [0.717, 1.165) is 10.8 Å². The molecule has 3 heteroatoms. The summed E-state index contributed by atoms with van der Waals surface area (Å²) in [5, 5.41) is 0.718. The number of hydrogen-bond acceptors (Lipinski definition) is 2. The first-order chi connectivity index (χ1) is 11.7. The average molecular weight is 370 g/mol. The zero-order valence-electron chi connectivity index (χ0n) is 16.3. The molecule has 5 atom stereocenters. The van der Waals surface area contributed by atoms with Gasteiger partial charge in [-0.1, -0.05) is 55.1 Å². The van der Waals surface area contributed by atoms with Gasteiger partial charge in [0.15, 0.2) is 0 Å². The Labute approximate surface area is 158 Å². The molecular weight excluding hydrogens is 338 g/mol. The van der Waals surface area contributed by atoms with Gasteiger partial charge in [-0.05, 0) is 56.7 Å². The third kappa shape index (κ3) is 2.98. The summed E-state index contributed by atoms with van der Waals surface area (Å²) in [5.74, 6) is 2.05. The fourth-order valence-electron chi connectivity index (χ4n) is 5.71. The molecule has 2 aliphatic carbocycles. The van der Waals surface area contributed by atoms with Crippen molar-refractivity contribution in [1.82, 2.24) is 4.98 Å². The molecule has 0 amide bonds. The monoisotopic (exact) mass is 369 g/mol. The number of thioether (sulfide) groups is 1. The Morgan fingerprint density at radius 3 is 2.52 bits per heavy atom. The average Bonchev–Trinajstić information content (AvgIpc) is 2.97. The van der Waals surface area contributed by atoms with Crippen molar-refractivity contribution in [3.63, 3.8) is 0 Å². The Balaban J connectivity index is 1.78. The highest BCUT2D eigenvalue weighted by atomic mass is 32.2. The van der Waals surface area contributed by atoms with E-state index in [1.54, 1.807) is 5.56 Å². The largest absolute Gasteiger partial charge is 0.332 e. The molecule has 0 saturated heterocycles. The predicted octanol–water partition coefficient (Wildman–Crippen LogP) is 5.97. The normalized spacial score (nSPS) is 33.7. The van der Waals surface area contributed by atoms with Crippen LogP contribution in [0.5, 0.6) is 0 Å². The summed E-state index contributed by atoms with van der Waals surface area (Å²) in [6.07, 6.45) is 7.48. The molecule has 1 fully saturated rings. The van der Waals surface area contributed by atoms with Gasteiger partial charge in [0.2, 0.25) is 0 Å². The van der Waals surface area contributed by atoms with Crippen LogP contribution < -0.4 is 4.98 Å². The van der Waals surface area contributed by atoms with Crippen LogP contribution in [0.15, 0.2) is 53.0 Å². The van der Waals surface area contributed by atoms with Gasteiger partial charge in [0.05, 0.1) is 0 Å². The van der Waals surface area contributed by atoms with Crippen molar-refractivity contribution in [3.05, 3.63) is 53.6 Å². The first-order valence-electron chi connectivity index (χ1n) is 9.59. The summed E-state index contributed by atoms with van der Waals surface area (Å²) in [6, 6.07) is 9.16. The van der Waals surface area contributed by atoms with Gasteiger partial charge in [0, 0.05) is 21.6 Å². The fraction of sp³-hybridized carbons (Fsp3) is 0.545. The van der Waals surface area contributed by atoms with Gasteiger partial charge in [-0.2, -0.15) is 0 Å². The van der Waals surface area contributed by atoms with Crippen molar-refractivity contribution in [2.45, 2.75) is 67.9 Å². The lowest BCUT2D eigenvalue weighted by Gasteiger charge is -2.42. The van der Waals surface area contributed by atoms with Crippen LogP contribution in [0.2, 0.25) is 18.6 Å². The fourth-order valence-corrected chi connectivity index (χ4v) is 12.9. The molecule has 25 heavy (non-hydrogen) atoms. The number of allylic oxidation sites excluding steroid dienone is 4. The van der Waals surface area contributed by atoms with E-state index in [2.05, 4.69) is 100 Å². The van der Waals surface area contributed by atoms with E-state index < -0.39 is 8.24 Å². The molecule has 1 N–H and O–H groups in total. The highest BCUT2D eigenvalue weighted by Crippen LogP contribution is 2.65. The van der Waals surface area contributed by atoms with E-state index in [0.29, 0.717) is 17.8 Å². The van der Waals surface area contributed by atoms with Crippen LogP contribution in [0.1, 0.15) is 39.2 Å². The highest BCUT2D eigenvalue weighted by molar-refractivity contribution is 8.00. The molecule has 1 aromatic carbocycles. The van der Waals surface area contributed by atoms with E-state index in [1.165, 1.54) is 10.5 Å². The lowest BCUT2D eigenvalue weighted by atomic mass is 9.81. The Kier molecular flexibility index (Phi) is 4.14. The molecule has 1 nitrogen and oxygen atoms in total. The van der Waals surface area contributed by atoms with Crippen molar-refractivity contribution >= 4 is 20.0 Å². The van der Waals surface area contributed by atoms with Crippen LogP contribution in [0, 0.1) is 11.8 Å².